The molecule has 1 unspecified atom stereocenters. The Labute approximate surface area is 247 Å². The SMILES string of the molecule is COC(=O)[C@H]1CC[C@H](OC(F)(C(=O)Cc2ccc(NC(=O)c3nccc4ccc(F)cc34)c(Cl)c2)N2CCCC2)CC1. The first kappa shape index (κ1) is 30.0. The number of halogens is 3. The average Bonchev–Trinajstić information content (AvgIpc) is 3.54. The van der Waals surface area contributed by atoms with Crippen molar-refractivity contribution in [3.63, 3.8) is 0 Å². The van der Waals surface area contributed by atoms with E-state index in [4.69, 9.17) is 21.1 Å². The van der Waals surface area contributed by atoms with Gasteiger partial charge in [0.2, 0.25) is 5.78 Å². The highest BCUT2D eigenvalue weighted by atomic mass is 35.5. The van der Waals surface area contributed by atoms with Crippen LogP contribution in [-0.4, -0.2) is 59.8 Å². The third-order valence-corrected chi connectivity index (χ3v) is 8.29. The number of amides is 1. The van der Waals surface area contributed by atoms with Crippen molar-refractivity contribution >= 4 is 45.7 Å². The molecule has 1 N–H and O–H groups in total. The summed E-state index contributed by atoms with van der Waals surface area (Å²) in [6.07, 6.45) is 4.12. The van der Waals surface area contributed by atoms with Gasteiger partial charge < -0.3 is 14.8 Å². The van der Waals surface area contributed by atoms with Gasteiger partial charge in [0.15, 0.2) is 0 Å². The number of benzene rings is 2. The van der Waals surface area contributed by atoms with Gasteiger partial charge in [-0.25, -0.2) is 9.29 Å². The van der Waals surface area contributed by atoms with E-state index in [1.807, 2.05) is 0 Å². The summed E-state index contributed by atoms with van der Waals surface area (Å²) >= 11 is 6.46. The minimum atomic E-state index is -2.60. The third kappa shape index (κ3) is 6.45. The van der Waals surface area contributed by atoms with Crippen molar-refractivity contribution in [2.45, 2.75) is 57.0 Å². The van der Waals surface area contributed by atoms with Crippen molar-refractivity contribution in [1.29, 1.82) is 0 Å². The van der Waals surface area contributed by atoms with Crippen LogP contribution in [0.2, 0.25) is 5.02 Å². The first-order valence-corrected chi connectivity index (χ1v) is 14.4. The number of Topliss-reactive ketones (excluding diaryl/α,β-unsaturated/α-hetero) is 1. The number of methoxy groups -OCH3 is 1. The molecule has 1 aliphatic carbocycles. The Balaban J connectivity index is 1.28. The minimum absolute atomic E-state index is 0.0351. The van der Waals surface area contributed by atoms with Crippen LogP contribution >= 0.6 is 11.6 Å². The molecule has 42 heavy (non-hydrogen) atoms. The van der Waals surface area contributed by atoms with Gasteiger partial charge in [0.05, 0.1) is 29.8 Å². The minimum Gasteiger partial charge on any atom is -0.469 e. The number of esters is 1. The number of hydrogen-bond donors (Lipinski definition) is 1. The van der Waals surface area contributed by atoms with E-state index in [1.54, 1.807) is 18.2 Å². The lowest BCUT2D eigenvalue weighted by atomic mass is 9.87. The van der Waals surface area contributed by atoms with Gasteiger partial charge in [0.25, 0.3) is 5.91 Å². The van der Waals surface area contributed by atoms with Gasteiger partial charge in [0, 0.05) is 31.1 Å². The predicted molar refractivity (Wildman–Crippen MR) is 153 cm³/mol. The molecule has 1 aromatic heterocycles. The van der Waals surface area contributed by atoms with E-state index in [2.05, 4.69) is 10.3 Å². The van der Waals surface area contributed by atoms with Crippen LogP contribution in [0.1, 0.15) is 54.6 Å². The molecular formula is C31H32ClF2N3O5. The Bertz CT molecular complexity index is 1490. The van der Waals surface area contributed by atoms with Gasteiger partial charge in [-0.3, -0.25) is 19.4 Å². The number of anilines is 1. The van der Waals surface area contributed by atoms with Crippen LogP contribution < -0.4 is 5.32 Å². The molecule has 1 saturated carbocycles. The van der Waals surface area contributed by atoms with Crippen molar-refractivity contribution in [2.24, 2.45) is 5.92 Å². The third-order valence-electron chi connectivity index (χ3n) is 7.98. The zero-order valence-electron chi connectivity index (χ0n) is 23.2. The highest BCUT2D eigenvalue weighted by Crippen LogP contribution is 2.35. The second-order valence-corrected chi connectivity index (χ2v) is 11.2. The van der Waals surface area contributed by atoms with Crippen LogP contribution in [-0.2, 0) is 25.5 Å². The van der Waals surface area contributed by atoms with E-state index < -0.39 is 29.6 Å². The van der Waals surface area contributed by atoms with E-state index in [1.165, 1.54) is 42.5 Å². The number of fused-ring (bicyclic) bond motifs is 1. The lowest BCUT2D eigenvalue weighted by Gasteiger charge is -2.37. The first-order chi connectivity index (χ1) is 20.2. The summed E-state index contributed by atoms with van der Waals surface area (Å²) in [6.45, 7) is 0.801. The molecule has 2 fully saturated rings. The van der Waals surface area contributed by atoms with Crippen LogP contribution in [0.3, 0.4) is 0 Å². The second kappa shape index (κ2) is 12.8. The van der Waals surface area contributed by atoms with Crippen LogP contribution in [0.5, 0.6) is 0 Å². The van der Waals surface area contributed by atoms with E-state index >= 15 is 4.39 Å². The molecule has 0 radical (unpaired) electrons. The number of aromatic nitrogens is 1. The molecule has 3 aromatic rings. The van der Waals surface area contributed by atoms with Crippen LogP contribution in [0.15, 0.2) is 48.7 Å². The molecule has 2 aliphatic rings. The molecule has 2 aromatic carbocycles. The molecule has 1 amide bonds. The highest BCUT2D eigenvalue weighted by Gasteiger charge is 2.48. The average molecular weight is 600 g/mol. The van der Waals surface area contributed by atoms with Crippen molar-refractivity contribution in [3.8, 4) is 0 Å². The molecule has 2 heterocycles. The lowest BCUT2D eigenvalue weighted by Crippen LogP contribution is -2.54. The number of nitrogens with one attached hydrogen (secondary N) is 1. The molecule has 5 rings (SSSR count). The zero-order valence-corrected chi connectivity index (χ0v) is 24.0. The molecule has 1 saturated heterocycles. The van der Waals surface area contributed by atoms with Crippen molar-refractivity contribution in [2.75, 3.05) is 25.5 Å². The standard InChI is InChI=1S/C31H32ClF2N3O5/c1-41-30(40)21-6-9-23(10-7-21)42-31(34,37-14-2-3-15-37)27(38)17-19-4-11-26(25(32)16-19)36-29(39)28-24-18-22(33)8-5-20(24)12-13-35-28/h4-5,8,11-13,16,18,21,23H,2-3,6-7,9-10,14-15,17H2,1H3,(H,36,39)/t21-,23-,31?. The molecule has 11 heteroatoms. The molecule has 8 nitrogen and oxygen atoms in total. The fourth-order valence-electron chi connectivity index (χ4n) is 5.69. The van der Waals surface area contributed by atoms with Gasteiger partial charge in [-0.2, -0.15) is 4.39 Å². The quantitative estimate of drug-likeness (QED) is 0.243. The highest BCUT2D eigenvalue weighted by molar-refractivity contribution is 6.34. The largest absolute Gasteiger partial charge is 0.469 e. The smallest absolute Gasteiger partial charge is 0.330 e. The van der Waals surface area contributed by atoms with Crippen LogP contribution in [0.4, 0.5) is 14.5 Å². The number of carbonyl (C=O) groups is 3. The molecule has 1 aliphatic heterocycles. The van der Waals surface area contributed by atoms with Gasteiger partial charge in [0.1, 0.15) is 11.5 Å². The fraction of sp³-hybridized carbons (Fsp3) is 0.419. The number of carbonyl (C=O) groups excluding carboxylic acids is 3. The van der Waals surface area contributed by atoms with Crippen LogP contribution in [0, 0.1) is 11.7 Å². The number of nitrogens with zero attached hydrogens (tertiary/aromatic N) is 2. The first-order valence-electron chi connectivity index (χ1n) is 14.0. The topological polar surface area (TPSA) is 97.8 Å². The summed E-state index contributed by atoms with van der Waals surface area (Å²) in [7, 11) is 1.35. The molecule has 0 bridgehead atoms. The summed E-state index contributed by atoms with van der Waals surface area (Å²) in [4.78, 5) is 43.9. The van der Waals surface area contributed by atoms with Gasteiger partial charge in [-0.05, 0) is 79.8 Å². The maximum Gasteiger partial charge on any atom is 0.330 e. The van der Waals surface area contributed by atoms with Gasteiger partial charge >= 0.3 is 11.9 Å². The normalized spacial score (nSPS) is 20.7. The van der Waals surface area contributed by atoms with Crippen LogP contribution in [0.25, 0.3) is 10.8 Å². The van der Waals surface area contributed by atoms with Gasteiger partial charge in [-0.1, -0.05) is 23.7 Å². The maximum absolute atomic E-state index is 16.5. The zero-order chi connectivity index (χ0) is 29.9. The Hall–Kier alpha value is -3.47. The van der Waals surface area contributed by atoms with Crippen molar-refractivity contribution in [3.05, 3.63) is 70.8 Å². The predicted octanol–water partition coefficient (Wildman–Crippen LogP) is 5.86. The number of ketones is 1. The van der Waals surface area contributed by atoms with Gasteiger partial charge in [-0.15, -0.1) is 0 Å². The summed E-state index contributed by atoms with van der Waals surface area (Å²) < 4.78 is 41.1. The number of rotatable bonds is 9. The Morgan fingerprint density at radius 3 is 2.50 bits per heavy atom. The maximum atomic E-state index is 16.5. The Morgan fingerprint density at radius 2 is 1.81 bits per heavy atom. The number of hydrogen-bond acceptors (Lipinski definition) is 7. The summed E-state index contributed by atoms with van der Waals surface area (Å²) in [5.74, 6) is -4.95. The van der Waals surface area contributed by atoms with Crippen molar-refractivity contribution < 1.29 is 32.6 Å². The lowest BCUT2D eigenvalue weighted by molar-refractivity contribution is -0.252. The molecule has 0 spiro atoms. The number of alkyl halides is 1. The number of ether oxygens (including phenoxy) is 2. The monoisotopic (exact) mass is 599 g/mol. The summed E-state index contributed by atoms with van der Waals surface area (Å²) in [6, 6.07) is 10.4. The number of likely N-dealkylation sites (tertiary alicyclic amines) is 1. The Morgan fingerprint density at radius 1 is 1.07 bits per heavy atom. The summed E-state index contributed by atoms with van der Waals surface area (Å²) in [5, 5.41) is 3.84. The van der Waals surface area contributed by atoms with E-state index in [-0.39, 0.29) is 34.7 Å². The van der Waals surface area contributed by atoms with E-state index in [0.29, 0.717) is 55.1 Å². The molecule has 222 valence electrons. The van der Waals surface area contributed by atoms with E-state index in [9.17, 15) is 18.8 Å². The Kier molecular flexibility index (Phi) is 9.15. The van der Waals surface area contributed by atoms with E-state index in [0.717, 1.165) is 12.8 Å². The second-order valence-electron chi connectivity index (χ2n) is 10.8. The number of pyridine rings is 1. The summed E-state index contributed by atoms with van der Waals surface area (Å²) in [5.41, 5.74) is 0.748. The van der Waals surface area contributed by atoms with Crippen molar-refractivity contribution in [1.82, 2.24) is 9.88 Å². The molecular weight excluding hydrogens is 568 g/mol. The molecule has 1 atom stereocenters. The fourth-order valence-corrected chi connectivity index (χ4v) is 5.94.